The van der Waals surface area contributed by atoms with Crippen molar-refractivity contribution in [1.29, 1.82) is 0 Å². The molecule has 2 amide bonds. The number of carbonyl (C=O) groups is 2. The van der Waals surface area contributed by atoms with Gasteiger partial charge in [-0.05, 0) is 61.4 Å². The van der Waals surface area contributed by atoms with E-state index in [1.165, 1.54) is 17.4 Å². The van der Waals surface area contributed by atoms with Gasteiger partial charge in [0, 0.05) is 20.8 Å². The van der Waals surface area contributed by atoms with Crippen LogP contribution in [-0.2, 0) is 0 Å². The number of rotatable bonds is 5. The van der Waals surface area contributed by atoms with Crippen LogP contribution in [0.1, 0.15) is 38.1 Å². The lowest BCUT2D eigenvalue weighted by atomic mass is 10.1. The van der Waals surface area contributed by atoms with Crippen molar-refractivity contribution in [3.05, 3.63) is 97.3 Å². The fraction of sp³-hybridized carbons (Fsp3) is 0.0800. The minimum absolute atomic E-state index is 0.272. The highest BCUT2D eigenvalue weighted by atomic mass is 35.5. The molecule has 0 aliphatic carbocycles. The first-order valence-corrected chi connectivity index (χ1v) is 12.1. The highest BCUT2D eigenvalue weighted by molar-refractivity contribution is 7.21. The summed E-state index contributed by atoms with van der Waals surface area (Å²) in [4.78, 5) is 25.5. The summed E-state index contributed by atoms with van der Waals surface area (Å²) in [5, 5.41) is 8.99. The summed E-state index contributed by atoms with van der Waals surface area (Å²) in [6.45, 7) is 3.77. The lowest BCUT2D eigenvalue weighted by Gasteiger charge is -2.08. The second kappa shape index (κ2) is 10.2. The molecule has 4 rings (SSSR count). The monoisotopic (exact) mass is 529 g/mol. The molecule has 3 aromatic carbocycles. The van der Waals surface area contributed by atoms with E-state index in [-0.39, 0.29) is 16.8 Å². The van der Waals surface area contributed by atoms with Crippen LogP contribution in [0.15, 0.2) is 65.8 Å². The van der Waals surface area contributed by atoms with E-state index in [0.29, 0.717) is 31.9 Å². The highest BCUT2D eigenvalue weighted by Crippen LogP contribution is 2.35. The number of fused-ring (bicyclic) bond motifs is 1. The molecule has 9 heteroatoms. The molecule has 5 nitrogen and oxygen atoms in total. The number of carbonyl (C=O) groups excluding carboxylic acids is 2. The van der Waals surface area contributed by atoms with Crippen molar-refractivity contribution in [3.8, 4) is 0 Å². The first-order valence-electron chi connectivity index (χ1n) is 10.1. The van der Waals surface area contributed by atoms with Gasteiger partial charge < -0.3 is 5.32 Å². The van der Waals surface area contributed by atoms with Gasteiger partial charge >= 0.3 is 0 Å². The van der Waals surface area contributed by atoms with Crippen molar-refractivity contribution < 1.29 is 9.59 Å². The van der Waals surface area contributed by atoms with E-state index in [1.54, 1.807) is 43.3 Å². The zero-order valence-corrected chi connectivity index (χ0v) is 21.2. The maximum atomic E-state index is 12.7. The molecule has 0 radical (unpaired) electrons. The van der Waals surface area contributed by atoms with E-state index in [0.717, 1.165) is 21.2 Å². The quantitative estimate of drug-likeness (QED) is 0.206. The first-order chi connectivity index (χ1) is 16.2. The Kier molecular flexibility index (Phi) is 7.24. The molecule has 0 saturated carbocycles. The van der Waals surface area contributed by atoms with Crippen LogP contribution in [0, 0.1) is 6.92 Å². The van der Waals surface area contributed by atoms with Crippen molar-refractivity contribution in [2.75, 3.05) is 5.32 Å². The zero-order valence-electron chi connectivity index (χ0n) is 18.1. The van der Waals surface area contributed by atoms with Crippen molar-refractivity contribution in [1.82, 2.24) is 5.43 Å². The molecule has 0 saturated heterocycles. The molecule has 1 heterocycles. The Morgan fingerprint density at radius 3 is 2.35 bits per heavy atom. The third-order valence-electron chi connectivity index (χ3n) is 5.05. The lowest BCUT2D eigenvalue weighted by molar-refractivity contribution is 0.0958. The number of thiophene rings is 1. The fourth-order valence-corrected chi connectivity index (χ4v) is 5.23. The molecule has 34 heavy (non-hydrogen) atoms. The molecule has 0 unspecified atom stereocenters. The van der Waals surface area contributed by atoms with E-state index in [1.807, 2.05) is 25.1 Å². The Labute approximate surface area is 215 Å². The minimum Gasteiger partial charge on any atom is -0.322 e. The Balaban J connectivity index is 1.43. The summed E-state index contributed by atoms with van der Waals surface area (Å²) in [5.74, 6) is -0.714. The minimum atomic E-state index is -0.369. The van der Waals surface area contributed by atoms with Crippen LogP contribution in [0.2, 0.25) is 15.1 Å². The molecule has 0 bridgehead atoms. The van der Waals surface area contributed by atoms with Crippen LogP contribution in [0.25, 0.3) is 10.1 Å². The van der Waals surface area contributed by atoms with E-state index < -0.39 is 0 Å². The molecule has 0 aliphatic rings. The van der Waals surface area contributed by atoms with Gasteiger partial charge in [0.25, 0.3) is 11.8 Å². The average Bonchev–Trinajstić information content (AvgIpc) is 3.13. The number of nitrogens with zero attached hydrogens (tertiary/aromatic N) is 1. The van der Waals surface area contributed by atoms with Gasteiger partial charge in [0.1, 0.15) is 4.88 Å². The van der Waals surface area contributed by atoms with Gasteiger partial charge in [-0.2, -0.15) is 5.10 Å². The normalized spacial score (nSPS) is 11.5. The van der Waals surface area contributed by atoms with Gasteiger partial charge in [0.15, 0.2) is 0 Å². The van der Waals surface area contributed by atoms with Crippen molar-refractivity contribution in [2.45, 2.75) is 13.8 Å². The predicted octanol–water partition coefficient (Wildman–Crippen LogP) is 7.58. The van der Waals surface area contributed by atoms with Crippen molar-refractivity contribution >= 4 is 79.4 Å². The number of amides is 2. The number of nitrogens with one attached hydrogen (secondary N) is 2. The van der Waals surface area contributed by atoms with Gasteiger partial charge in [-0.3, -0.25) is 9.59 Å². The molecule has 4 aromatic rings. The topological polar surface area (TPSA) is 70.6 Å². The Morgan fingerprint density at radius 1 is 0.912 bits per heavy atom. The van der Waals surface area contributed by atoms with Gasteiger partial charge in [0.05, 0.1) is 21.3 Å². The average molecular weight is 531 g/mol. The van der Waals surface area contributed by atoms with E-state index in [4.69, 9.17) is 34.8 Å². The van der Waals surface area contributed by atoms with Gasteiger partial charge in [-0.15, -0.1) is 11.3 Å². The maximum absolute atomic E-state index is 12.7. The van der Waals surface area contributed by atoms with Gasteiger partial charge in [-0.1, -0.05) is 59.1 Å². The molecule has 172 valence electrons. The smallest absolute Gasteiger partial charge is 0.283 e. The predicted molar refractivity (Wildman–Crippen MR) is 142 cm³/mol. The molecular formula is C25H18Cl3N3O2S. The third-order valence-corrected chi connectivity index (χ3v) is 7.26. The van der Waals surface area contributed by atoms with Crippen LogP contribution in [-0.4, -0.2) is 17.5 Å². The first kappa shape index (κ1) is 24.2. The Hall–Kier alpha value is -2.90. The summed E-state index contributed by atoms with van der Waals surface area (Å²) >= 11 is 19.7. The largest absolute Gasteiger partial charge is 0.322 e. The second-order valence-corrected chi connectivity index (χ2v) is 9.81. The van der Waals surface area contributed by atoms with Gasteiger partial charge in [-0.25, -0.2) is 5.43 Å². The van der Waals surface area contributed by atoms with E-state index in [9.17, 15) is 9.59 Å². The summed E-state index contributed by atoms with van der Waals surface area (Å²) in [6.07, 6.45) is 0. The SMILES string of the molecule is C/C(=N/NC(=O)c1sc2cc(C)ccc2c1Cl)c1ccc(NC(=O)c2ccc(Cl)cc2Cl)cc1. The van der Waals surface area contributed by atoms with E-state index >= 15 is 0 Å². The Morgan fingerprint density at radius 2 is 1.65 bits per heavy atom. The van der Waals surface area contributed by atoms with Crippen LogP contribution >= 0.6 is 46.1 Å². The standard InChI is InChI=1S/C25H18Cl3N3O2S/c1-13-3-9-19-21(11-13)34-23(22(19)28)25(33)31-30-14(2)15-4-7-17(8-5-15)29-24(32)18-10-6-16(26)12-20(18)27/h3-12H,1-2H3,(H,29,32)(H,31,33)/b30-14-. The summed E-state index contributed by atoms with van der Waals surface area (Å²) < 4.78 is 0.952. The summed E-state index contributed by atoms with van der Waals surface area (Å²) in [5.41, 5.74) is 5.96. The third kappa shape index (κ3) is 5.26. The molecule has 0 spiro atoms. The molecule has 1 aromatic heterocycles. The number of halogens is 3. The van der Waals surface area contributed by atoms with Gasteiger partial charge in [0.2, 0.25) is 0 Å². The lowest BCUT2D eigenvalue weighted by Crippen LogP contribution is -2.18. The number of anilines is 1. The molecule has 0 fully saturated rings. The maximum Gasteiger partial charge on any atom is 0.283 e. The van der Waals surface area contributed by atoms with E-state index in [2.05, 4.69) is 15.8 Å². The van der Waals surface area contributed by atoms with Crippen LogP contribution in [0.3, 0.4) is 0 Å². The number of hydrogen-bond acceptors (Lipinski definition) is 4. The number of hydrazone groups is 1. The van der Waals surface area contributed by atoms with Crippen molar-refractivity contribution in [3.63, 3.8) is 0 Å². The number of hydrogen-bond donors (Lipinski definition) is 2. The summed E-state index contributed by atoms with van der Waals surface area (Å²) in [6, 6.07) is 17.6. The Bertz CT molecular complexity index is 1450. The number of aryl methyl sites for hydroxylation is 1. The van der Waals surface area contributed by atoms with Crippen LogP contribution in [0.4, 0.5) is 5.69 Å². The highest BCUT2D eigenvalue weighted by Gasteiger charge is 2.17. The second-order valence-electron chi connectivity index (χ2n) is 7.54. The molecular weight excluding hydrogens is 513 g/mol. The fourth-order valence-electron chi connectivity index (χ4n) is 3.24. The number of benzene rings is 3. The molecule has 0 atom stereocenters. The van der Waals surface area contributed by atoms with Crippen molar-refractivity contribution in [2.24, 2.45) is 5.10 Å². The summed E-state index contributed by atoms with van der Waals surface area (Å²) in [7, 11) is 0. The zero-order chi connectivity index (χ0) is 24.4. The van der Waals surface area contributed by atoms with Crippen LogP contribution in [0.5, 0.6) is 0 Å². The van der Waals surface area contributed by atoms with Crippen LogP contribution < -0.4 is 10.7 Å². The molecule has 0 aliphatic heterocycles. The molecule has 2 N–H and O–H groups in total.